The van der Waals surface area contributed by atoms with Crippen LogP contribution in [0, 0.1) is 0 Å². The minimum Gasteiger partial charge on any atom is -0.343 e. The van der Waals surface area contributed by atoms with Crippen molar-refractivity contribution in [2.75, 3.05) is 26.2 Å². The van der Waals surface area contributed by atoms with Crippen LogP contribution in [0.1, 0.15) is 111 Å². The highest BCUT2D eigenvalue weighted by Gasteiger charge is 2.11. The summed E-state index contributed by atoms with van der Waals surface area (Å²) in [6.07, 6.45) is 13.9. The lowest BCUT2D eigenvalue weighted by Crippen LogP contribution is -2.32. The second kappa shape index (κ2) is 18.3. The van der Waals surface area contributed by atoms with Gasteiger partial charge in [-0.05, 0) is 39.0 Å². The predicted octanol–water partition coefficient (Wildman–Crippen LogP) is 5.79. The minimum atomic E-state index is 0.323. The van der Waals surface area contributed by atoms with Gasteiger partial charge in [0.05, 0.1) is 0 Å². The Balaban J connectivity index is 3.57. The zero-order valence-electron chi connectivity index (χ0n) is 18.7. The summed E-state index contributed by atoms with van der Waals surface area (Å²) in [5.74, 6) is 0.664. The lowest BCUT2D eigenvalue weighted by Gasteiger charge is -2.21. The molecule has 0 heterocycles. The fraction of sp³-hybridized carbons (Fsp3) is 0.913. The molecule has 4 heteroatoms. The topological polar surface area (TPSA) is 40.6 Å². The first-order valence-electron chi connectivity index (χ1n) is 11.7. The van der Waals surface area contributed by atoms with Crippen molar-refractivity contribution in [2.24, 2.45) is 0 Å². The first-order chi connectivity index (χ1) is 13.1. The fourth-order valence-electron chi connectivity index (χ4n) is 3.56. The molecule has 0 atom stereocenters. The van der Waals surface area contributed by atoms with Gasteiger partial charge in [0.1, 0.15) is 0 Å². The number of carbonyl (C=O) groups excluding carboxylic acids is 2. The highest BCUT2D eigenvalue weighted by Crippen LogP contribution is 2.12. The van der Waals surface area contributed by atoms with Gasteiger partial charge in [-0.25, -0.2) is 0 Å². The van der Waals surface area contributed by atoms with Crippen LogP contribution < -0.4 is 0 Å². The largest absolute Gasteiger partial charge is 0.343 e. The van der Waals surface area contributed by atoms with Gasteiger partial charge in [0.2, 0.25) is 11.8 Å². The van der Waals surface area contributed by atoms with Crippen LogP contribution in [0.2, 0.25) is 0 Å². The van der Waals surface area contributed by atoms with Crippen LogP contribution in [-0.4, -0.2) is 47.8 Å². The van der Waals surface area contributed by atoms with E-state index in [0.29, 0.717) is 24.7 Å². The second-order valence-electron chi connectivity index (χ2n) is 7.68. The smallest absolute Gasteiger partial charge is 0.222 e. The fourth-order valence-corrected chi connectivity index (χ4v) is 3.56. The maximum absolute atomic E-state index is 12.2. The molecule has 0 radical (unpaired) electrons. The number of carbonyl (C=O) groups is 2. The average molecular weight is 383 g/mol. The van der Waals surface area contributed by atoms with Gasteiger partial charge in [-0.3, -0.25) is 9.59 Å². The van der Waals surface area contributed by atoms with Crippen molar-refractivity contribution in [3.8, 4) is 0 Å². The van der Waals surface area contributed by atoms with Crippen LogP contribution in [0.5, 0.6) is 0 Å². The molecular weight excluding hydrogens is 336 g/mol. The Kier molecular flexibility index (Phi) is 17.6. The van der Waals surface area contributed by atoms with Crippen LogP contribution in [0.3, 0.4) is 0 Å². The first kappa shape index (κ1) is 25.9. The van der Waals surface area contributed by atoms with Crippen molar-refractivity contribution in [1.29, 1.82) is 0 Å². The van der Waals surface area contributed by atoms with Gasteiger partial charge in [-0.15, -0.1) is 0 Å². The number of nitrogens with zero attached hydrogens (tertiary/aromatic N) is 2. The molecule has 0 N–H and O–H groups in total. The van der Waals surface area contributed by atoms with E-state index >= 15 is 0 Å². The summed E-state index contributed by atoms with van der Waals surface area (Å²) in [5.41, 5.74) is 0. The van der Waals surface area contributed by atoms with Crippen molar-refractivity contribution < 1.29 is 9.59 Å². The molecule has 0 rings (SSSR count). The van der Waals surface area contributed by atoms with Crippen LogP contribution in [0.15, 0.2) is 0 Å². The van der Waals surface area contributed by atoms with Crippen molar-refractivity contribution in [1.82, 2.24) is 9.80 Å². The van der Waals surface area contributed by atoms with E-state index in [1.54, 1.807) is 0 Å². The van der Waals surface area contributed by atoms with E-state index in [4.69, 9.17) is 0 Å². The Morgan fingerprint density at radius 3 is 1.22 bits per heavy atom. The molecule has 0 fully saturated rings. The molecule has 0 aliphatic carbocycles. The van der Waals surface area contributed by atoms with E-state index in [0.717, 1.165) is 64.7 Å². The Morgan fingerprint density at radius 1 is 0.519 bits per heavy atom. The monoisotopic (exact) mass is 382 g/mol. The minimum absolute atomic E-state index is 0.323. The molecule has 2 amide bonds. The molecular formula is C23H46N2O2. The van der Waals surface area contributed by atoms with Crippen LogP contribution in [0.25, 0.3) is 0 Å². The Bertz CT molecular complexity index is 365. The summed E-state index contributed by atoms with van der Waals surface area (Å²) >= 11 is 0. The lowest BCUT2D eigenvalue weighted by atomic mass is 10.1. The van der Waals surface area contributed by atoms with Gasteiger partial charge in [0, 0.05) is 39.0 Å². The number of hydrogen-bond donors (Lipinski definition) is 0. The molecule has 0 saturated carbocycles. The van der Waals surface area contributed by atoms with Gasteiger partial charge in [0.25, 0.3) is 0 Å². The quantitative estimate of drug-likeness (QED) is 0.281. The highest BCUT2D eigenvalue weighted by atomic mass is 16.2. The lowest BCUT2D eigenvalue weighted by molar-refractivity contribution is -0.132. The van der Waals surface area contributed by atoms with Gasteiger partial charge < -0.3 is 9.80 Å². The molecule has 0 aromatic rings. The molecule has 27 heavy (non-hydrogen) atoms. The van der Waals surface area contributed by atoms with Gasteiger partial charge >= 0.3 is 0 Å². The zero-order chi connectivity index (χ0) is 20.3. The third-order valence-corrected chi connectivity index (χ3v) is 5.10. The van der Waals surface area contributed by atoms with Crippen LogP contribution in [0.4, 0.5) is 0 Å². The first-order valence-corrected chi connectivity index (χ1v) is 11.7. The summed E-state index contributed by atoms with van der Waals surface area (Å²) in [6.45, 7) is 12.0. The zero-order valence-corrected chi connectivity index (χ0v) is 18.7. The summed E-state index contributed by atoms with van der Waals surface area (Å²) in [7, 11) is 0. The molecule has 160 valence electrons. The number of rotatable bonds is 18. The Hall–Kier alpha value is -1.06. The van der Waals surface area contributed by atoms with E-state index in [2.05, 4.69) is 27.7 Å². The molecule has 0 spiro atoms. The van der Waals surface area contributed by atoms with Gasteiger partial charge in [-0.2, -0.15) is 0 Å². The normalized spacial score (nSPS) is 10.8. The van der Waals surface area contributed by atoms with E-state index < -0.39 is 0 Å². The second-order valence-corrected chi connectivity index (χ2v) is 7.68. The maximum Gasteiger partial charge on any atom is 0.222 e. The SMILES string of the molecule is CCCN(CC)C(=O)CCCCCCCCCCC(=O)N(CCC)CCC. The van der Waals surface area contributed by atoms with Crippen molar-refractivity contribution in [3.05, 3.63) is 0 Å². The van der Waals surface area contributed by atoms with Crippen molar-refractivity contribution >= 4 is 11.8 Å². The summed E-state index contributed by atoms with van der Waals surface area (Å²) < 4.78 is 0. The summed E-state index contributed by atoms with van der Waals surface area (Å²) in [5, 5.41) is 0. The molecule has 0 saturated heterocycles. The van der Waals surface area contributed by atoms with E-state index in [9.17, 15) is 9.59 Å². The molecule has 4 nitrogen and oxygen atoms in total. The van der Waals surface area contributed by atoms with E-state index in [1.807, 2.05) is 9.80 Å². The summed E-state index contributed by atoms with van der Waals surface area (Å²) in [6, 6.07) is 0. The van der Waals surface area contributed by atoms with Crippen LogP contribution in [-0.2, 0) is 9.59 Å². The summed E-state index contributed by atoms with van der Waals surface area (Å²) in [4.78, 5) is 28.2. The Morgan fingerprint density at radius 2 is 0.852 bits per heavy atom. The number of hydrogen-bond acceptors (Lipinski definition) is 2. The standard InChI is InChI=1S/C23H46N2O2/c1-5-19-24(8-4)22(26)17-15-13-11-9-10-12-14-16-18-23(27)25(20-6-2)21-7-3/h5-21H2,1-4H3. The van der Waals surface area contributed by atoms with Gasteiger partial charge in [-0.1, -0.05) is 59.3 Å². The molecule has 0 bridgehead atoms. The molecule has 0 aliphatic heterocycles. The van der Waals surface area contributed by atoms with E-state index in [-0.39, 0.29) is 0 Å². The van der Waals surface area contributed by atoms with Gasteiger partial charge in [0.15, 0.2) is 0 Å². The average Bonchev–Trinajstić information content (AvgIpc) is 2.66. The highest BCUT2D eigenvalue weighted by molar-refractivity contribution is 5.76. The molecule has 0 aliphatic rings. The molecule has 0 aromatic heterocycles. The third-order valence-electron chi connectivity index (χ3n) is 5.10. The maximum atomic E-state index is 12.2. The predicted molar refractivity (Wildman–Crippen MR) is 116 cm³/mol. The number of amides is 2. The molecule has 0 unspecified atom stereocenters. The molecule has 0 aromatic carbocycles. The van der Waals surface area contributed by atoms with Crippen molar-refractivity contribution in [3.63, 3.8) is 0 Å². The number of unbranched alkanes of at least 4 members (excludes halogenated alkanes) is 7. The Labute approximate surface area is 169 Å². The third kappa shape index (κ3) is 13.7. The van der Waals surface area contributed by atoms with Crippen LogP contribution >= 0.6 is 0 Å². The van der Waals surface area contributed by atoms with Crippen molar-refractivity contribution in [2.45, 2.75) is 111 Å². The van der Waals surface area contributed by atoms with E-state index in [1.165, 1.54) is 32.1 Å².